The van der Waals surface area contributed by atoms with Crippen LogP contribution in [0.3, 0.4) is 0 Å². The van der Waals surface area contributed by atoms with E-state index in [1.165, 1.54) is 17.0 Å². The standard InChI is InChI=1S/C19H19N6O6P/c1-12-10-25(19(27)21-18(12)26)17-9-15(22-24-20)16(31-17)11-30-32(28)23-14(7-8-29-32)13-5-3-2-4-6-13/h2-8,10,15-17H,9,11H2,1H3,(H,21,26,27)/t15-,16+,17+,32?/m0/s1. The van der Waals surface area contributed by atoms with Crippen molar-refractivity contribution in [3.8, 4) is 0 Å². The Hall–Kier alpha value is -3.43. The first kappa shape index (κ1) is 21.8. The van der Waals surface area contributed by atoms with Gasteiger partial charge in [0.15, 0.2) is 0 Å². The number of H-pyrrole nitrogens is 1. The SMILES string of the molecule is Cc1cn([C@H]2C[C@H](N=[N+]=[N-])[C@@H](COP3(=O)N=C(c4ccccc4)C=CO3)O2)c(=O)[nH]c1=O. The first-order valence-corrected chi connectivity index (χ1v) is 11.1. The number of hydrogen-bond acceptors (Lipinski definition) is 7. The molecule has 166 valence electrons. The molecule has 1 fully saturated rings. The lowest BCUT2D eigenvalue weighted by atomic mass is 10.1. The summed E-state index contributed by atoms with van der Waals surface area (Å²) in [5.74, 6) is 0. The number of nitrogens with one attached hydrogen (secondary N) is 1. The number of allylic oxidation sites excluding steroid dienone is 1. The van der Waals surface area contributed by atoms with Crippen molar-refractivity contribution in [1.82, 2.24) is 9.55 Å². The molecule has 32 heavy (non-hydrogen) atoms. The molecule has 0 saturated carbocycles. The summed E-state index contributed by atoms with van der Waals surface area (Å²) in [6.07, 6.45) is 2.74. The molecule has 2 aliphatic rings. The van der Waals surface area contributed by atoms with Gasteiger partial charge >= 0.3 is 13.4 Å². The lowest BCUT2D eigenvalue weighted by Crippen LogP contribution is -2.33. The van der Waals surface area contributed by atoms with Crippen molar-refractivity contribution in [1.29, 1.82) is 0 Å². The Morgan fingerprint density at radius 1 is 1.38 bits per heavy atom. The van der Waals surface area contributed by atoms with Gasteiger partial charge in [0.2, 0.25) is 0 Å². The van der Waals surface area contributed by atoms with Gasteiger partial charge in [-0.3, -0.25) is 18.9 Å². The van der Waals surface area contributed by atoms with Crippen LogP contribution in [0.2, 0.25) is 0 Å². The molecule has 0 bridgehead atoms. The van der Waals surface area contributed by atoms with E-state index in [1.54, 1.807) is 13.0 Å². The van der Waals surface area contributed by atoms with Crippen molar-refractivity contribution in [2.75, 3.05) is 6.61 Å². The fourth-order valence-electron chi connectivity index (χ4n) is 3.37. The number of azide groups is 1. The Morgan fingerprint density at radius 3 is 2.91 bits per heavy atom. The van der Waals surface area contributed by atoms with E-state index in [4.69, 9.17) is 19.3 Å². The van der Waals surface area contributed by atoms with E-state index in [0.717, 1.165) is 5.56 Å². The molecular formula is C19H19N6O6P. The molecule has 2 aromatic rings. The molecule has 0 radical (unpaired) electrons. The highest BCUT2D eigenvalue weighted by Crippen LogP contribution is 2.53. The minimum atomic E-state index is -3.88. The molecule has 1 aromatic carbocycles. The summed E-state index contributed by atoms with van der Waals surface area (Å²) >= 11 is 0. The van der Waals surface area contributed by atoms with Crippen LogP contribution in [0, 0.1) is 6.92 Å². The maximum Gasteiger partial charge on any atom is 0.507 e. The van der Waals surface area contributed by atoms with Crippen LogP contribution >= 0.6 is 7.75 Å². The van der Waals surface area contributed by atoms with E-state index in [9.17, 15) is 14.2 Å². The third-order valence-electron chi connectivity index (χ3n) is 4.98. The van der Waals surface area contributed by atoms with Gasteiger partial charge in [0.25, 0.3) is 5.56 Å². The second-order valence-electron chi connectivity index (χ2n) is 7.14. The zero-order valence-corrected chi connectivity index (χ0v) is 17.8. The number of ether oxygens (including phenoxy) is 1. The Kier molecular flexibility index (Phi) is 6.11. The Labute approximate surface area is 181 Å². The molecule has 0 aliphatic carbocycles. The first-order valence-electron chi connectivity index (χ1n) is 9.65. The predicted octanol–water partition coefficient (Wildman–Crippen LogP) is 2.97. The summed E-state index contributed by atoms with van der Waals surface area (Å²) in [7, 11) is -3.88. The fourth-order valence-corrected chi connectivity index (χ4v) is 4.54. The molecule has 1 saturated heterocycles. The average molecular weight is 458 g/mol. The number of nitrogens with zero attached hydrogens (tertiary/aromatic N) is 5. The number of benzene rings is 1. The summed E-state index contributed by atoms with van der Waals surface area (Å²) < 4.78 is 34.8. The third kappa shape index (κ3) is 4.58. The van der Waals surface area contributed by atoms with Crippen molar-refractivity contribution < 1.29 is 18.3 Å². The number of aryl methyl sites for hydroxylation is 1. The van der Waals surface area contributed by atoms with Crippen LogP contribution in [0.25, 0.3) is 10.4 Å². The second-order valence-corrected chi connectivity index (χ2v) is 8.75. The quantitative estimate of drug-likeness (QED) is 0.303. The predicted molar refractivity (Wildman–Crippen MR) is 114 cm³/mol. The monoisotopic (exact) mass is 458 g/mol. The van der Waals surface area contributed by atoms with E-state index >= 15 is 0 Å². The molecule has 1 unspecified atom stereocenters. The van der Waals surface area contributed by atoms with Gasteiger partial charge in [-0.25, -0.2) is 9.36 Å². The molecular weight excluding hydrogens is 439 g/mol. The van der Waals surface area contributed by atoms with Crippen molar-refractivity contribution in [2.24, 2.45) is 9.88 Å². The second kappa shape index (κ2) is 8.97. The maximum absolute atomic E-state index is 13.0. The van der Waals surface area contributed by atoms with Gasteiger partial charge in [-0.05, 0) is 18.5 Å². The number of rotatable bonds is 6. The largest absolute Gasteiger partial charge is 0.507 e. The van der Waals surface area contributed by atoms with Crippen molar-refractivity contribution in [3.05, 3.63) is 91.3 Å². The Bertz CT molecular complexity index is 1280. The molecule has 13 heteroatoms. The topological polar surface area (TPSA) is 161 Å². The molecule has 12 nitrogen and oxygen atoms in total. The summed E-state index contributed by atoms with van der Waals surface area (Å²) in [6, 6.07) is 8.42. The van der Waals surface area contributed by atoms with Gasteiger partial charge in [0, 0.05) is 28.7 Å². The highest BCUT2D eigenvalue weighted by atomic mass is 31.2. The number of hydrogen-bond donors (Lipinski definition) is 1. The van der Waals surface area contributed by atoms with Gasteiger partial charge in [0.1, 0.15) is 6.23 Å². The van der Waals surface area contributed by atoms with Gasteiger partial charge in [-0.15, -0.1) is 0 Å². The van der Waals surface area contributed by atoms with Crippen LogP contribution in [0.15, 0.2) is 68.3 Å². The van der Waals surface area contributed by atoms with Gasteiger partial charge in [0.05, 0.1) is 30.7 Å². The van der Waals surface area contributed by atoms with E-state index < -0.39 is 37.4 Å². The Balaban J connectivity index is 1.51. The van der Waals surface area contributed by atoms with Crippen LogP contribution in [-0.2, 0) is 18.3 Å². The minimum absolute atomic E-state index is 0.160. The van der Waals surface area contributed by atoms with Crippen LogP contribution in [-0.4, -0.2) is 34.0 Å². The lowest BCUT2D eigenvalue weighted by Gasteiger charge is -2.20. The summed E-state index contributed by atoms with van der Waals surface area (Å²) in [6.45, 7) is 1.30. The molecule has 1 N–H and O–H groups in total. The molecule has 1 aromatic heterocycles. The van der Waals surface area contributed by atoms with Crippen LogP contribution < -0.4 is 11.2 Å². The van der Waals surface area contributed by atoms with Crippen molar-refractivity contribution in [3.63, 3.8) is 0 Å². The average Bonchev–Trinajstić information content (AvgIpc) is 3.18. The fraction of sp³-hybridized carbons (Fsp3) is 0.316. The van der Waals surface area contributed by atoms with Crippen molar-refractivity contribution >= 4 is 13.5 Å². The van der Waals surface area contributed by atoms with E-state index in [-0.39, 0.29) is 13.0 Å². The lowest BCUT2D eigenvalue weighted by molar-refractivity contribution is -0.0241. The summed E-state index contributed by atoms with van der Waals surface area (Å²) in [5.41, 5.74) is 9.25. The highest BCUT2D eigenvalue weighted by molar-refractivity contribution is 7.52. The minimum Gasteiger partial charge on any atom is -0.416 e. The van der Waals surface area contributed by atoms with E-state index in [0.29, 0.717) is 11.3 Å². The third-order valence-corrected chi connectivity index (χ3v) is 6.31. The van der Waals surface area contributed by atoms with Crippen LogP contribution in [0.4, 0.5) is 0 Å². The summed E-state index contributed by atoms with van der Waals surface area (Å²) in [4.78, 5) is 28.8. The normalized spacial score (nSPS) is 26.8. The zero-order valence-electron chi connectivity index (χ0n) is 16.9. The van der Waals surface area contributed by atoms with E-state index in [1.807, 2.05) is 30.3 Å². The first-order chi connectivity index (χ1) is 15.4. The number of aromatic amines is 1. The molecule has 2 aliphatic heterocycles. The molecule has 0 spiro atoms. The molecule has 4 rings (SSSR count). The zero-order chi connectivity index (χ0) is 22.7. The van der Waals surface area contributed by atoms with Crippen LogP contribution in [0.1, 0.15) is 23.8 Å². The highest BCUT2D eigenvalue weighted by Gasteiger charge is 2.39. The number of aromatic nitrogens is 2. The summed E-state index contributed by atoms with van der Waals surface area (Å²) in [5, 5.41) is 3.71. The van der Waals surface area contributed by atoms with Gasteiger partial charge in [-0.2, -0.15) is 4.76 Å². The van der Waals surface area contributed by atoms with E-state index in [2.05, 4.69) is 19.8 Å². The molecule has 3 heterocycles. The van der Waals surface area contributed by atoms with Crippen LogP contribution in [0.5, 0.6) is 0 Å². The maximum atomic E-state index is 13.0. The molecule has 0 amide bonds. The Morgan fingerprint density at radius 2 is 2.16 bits per heavy atom. The van der Waals surface area contributed by atoms with Gasteiger partial charge in [-0.1, -0.05) is 35.4 Å². The molecule has 4 atom stereocenters. The van der Waals surface area contributed by atoms with Gasteiger partial charge < -0.3 is 9.26 Å². The smallest absolute Gasteiger partial charge is 0.416 e. The van der Waals surface area contributed by atoms with Crippen molar-refractivity contribution in [2.45, 2.75) is 31.7 Å².